The molecular weight excluding hydrogens is 218 g/mol. The maximum Gasteiger partial charge on any atom is 0.338 e. The van der Waals surface area contributed by atoms with E-state index in [9.17, 15) is 4.79 Å². The summed E-state index contributed by atoms with van der Waals surface area (Å²) < 4.78 is 5.19. The highest BCUT2D eigenvalue weighted by Crippen LogP contribution is 2.23. The summed E-state index contributed by atoms with van der Waals surface area (Å²) in [5.41, 5.74) is 0.221. The van der Waals surface area contributed by atoms with E-state index >= 15 is 0 Å². The molecule has 1 fully saturated rings. The van der Waals surface area contributed by atoms with Gasteiger partial charge in [-0.3, -0.25) is 0 Å². The van der Waals surface area contributed by atoms with Gasteiger partial charge >= 0.3 is 5.97 Å². The Labute approximate surface area is 101 Å². The first kappa shape index (κ1) is 12.2. The van der Waals surface area contributed by atoms with Gasteiger partial charge in [0.05, 0.1) is 12.1 Å². The number of aromatic carboxylic acids is 1. The maximum absolute atomic E-state index is 10.7. The minimum Gasteiger partial charge on any atom is -0.478 e. The van der Waals surface area contributed by atoms with E-state index in [2.05, 4.69) is 12.2 Å². The predicted octanol–water partition coefficient (Wildman–Crippen LogP) is 2.65. The van der Waals surface area contributed by atoms with Crippen LogP contribution >= 0.6 is 0 Å². The van der Waals surface area contributed by atoms with E-state index in [1.165, 1.54) is 31.9 Å². The third-order valence-corrected chi connectivity index (χ3v) is 3.48. The number of carboxylic acids is 1. The Bertz CT molecular complexity index is 378. The van der Waals surface area contributed by atoms with Crippen LogP contribution in [0.2, 0.25) is 0 Å². The summed E-state index contributed by atoms with van der Waals surface area (Å²) in [6.07, 6.45) is 6.25. The molecule has 1 aromatic heterocycles. The lowest BCUT2D eigenvalue weighted by atomic mass is 9.87. The zero-order valence-electron chi connectivity index (χ0n) is 10.1. The van der Waals surface area contributed by atoms with E-state index in [1.807, 2.05) is 0 Å². The van der Waals surface area contributed by atoms with Gasteiger partial charge in [-0.2, -0.15) is 0 Å². The van der Waals surface area contributed by atoms with E-state index in [4.69, 9.17) is 9.52 Å². The van der Waals surface area contributed by atoms with Gasteiger partial charge < -0.3 is 14.8 Å². The normalized spacial score (nSPS) is 24.8. The van der Waals surface area contributed by atoms with Gasteiger partial charge in [0.25, 0.3) is 0 Å². The molecule has 1 aliphatic rings. The lowest BCUT2D eigenvalue weighted by Crippen LogP contribution is -2.32. The van der Waals surface area contributed by atoms with Crippen LogP contribution in [0.4, 0.5) is 0 Å². The van der Waals surface area contributed by atoms with Crippen LogP contribution in [-0.4, -0.2) is 17.1 Å². The summed E-state index contributed by atoms with van der Waals surface area (Å²) >= 11 is 0. The first-order valence-corrected chi connectivity index (χ1v) is 6.19. The van der Waals surface area contributed by atoms with Crippen LogP contribution in [0.15, 0.2) is 16.7 Å². The second-order valence-electron chi connectivity index (χ2n) is 4.94. The fraction of sp³-hybridized carbons (Fsp3) is 0.615. The summed E-state index contributed by atoms with van der Waals surface area (Å²) in [5.74, 6) is 0.600. The number of furan rings is 1. The highest BCUT2D eigenvalue weighted by Gasteiger charge is 2.18. The predicted molar refractivity (Wildman–Crippen MR) is 63.9 cm³/mol. The monoisotopic (exact) mass is 237 g/mol. The van der Waals surface area contributed by atoms with Crippen LogP contribution in [0.1, 0.15) is 48.7 Å². The molecule has 1 heterocycles. The van der Waals surface area contributed by atoms with Crippen molar-refractivity contribution in [3.8, 4) is 0 Å². The molecule has 94 valence electrons. The van der Waals surface area contributed by atoms with Gasteiger partial charge in [0.2, 0.25) is 0 Å². The van der Waals surface area contributed by atoms with Gasteiger partial charge in [-0.1, -0.05) is 6.92 Å². The fourth-order valence-electron chi connectivity index (χ4n) is 2.29. The van der Waals surface area contributed by atoms with Gasteiger partial charge in [-0.05, 0) is 37.7 Å². The Morgan fingerprint density at radius 2 is 2.18 bits per heavy atom. The van der Waals surface area contributed by atoms with Gasteiger partial charge in [-0.25, -0.2) is 4.79 Å². The molecule has 4 heteroatoms. The number of rotatable bonds is 4. The molecule has 1 saturated carbocycles. The summed E-state index contributed by atoms with van der Waals surface area (Å²) in [4.78, 5) is 10.7. The number of nitrogens with one attached hydrogen (secondary N) is 1. The summed E-state index contributed by atoms with van der Waals surface area (Å²) in [7, 11) is 0. The van der Waals surface area contributed by atoms with E-state index in [0.717, 1.165) is 5.92 Å². The Hall–Kier alpha value is -1.29. The highest BCUT2D eigenvalue weighted by atomic mass is 16.4. The molecule has 0 amide bonds. The highest BCUT2D eigenvalue weighted by molar-refractivity contribution is 5.87. The third-order valence-electron chi connectivity index (χ3n) is 3.48. The van der Waals surface area contributed by atoms with Crippen molar-refractivity contribution in [1.82, 2.24) is 5.32 Å². The molecule has 0 saturated heterocycles. The Kier molecular flexibility index (Phi) is 3.84. The van der Waals surface area contributed by atoms with Gasteiger partial charge in [0.15, 0.2) is 0 Å². The van der Waals surface area contributed by atoms with Crippen molar-refractivity contribution in [3.63, 3.8) is 0 Å². The number of hydrogen-bond acceptors (Lipinski definition) is 3. The average molecular weight is 237 g/mol. The average Bonchev–Trinajstić information content (AvgIpc) is 2.77. The Morgan fingerprint density at radius 3 is 2.76 bits per heavy atom. The lowest BCUT2D eigenvalue weighted by Gasteiger charge is -2.26. The molecule has 0 bridgehead atoms. The van der Waals surface area contributed by atoms with Crippen LogP contribution in [0.3, 0.4) is 0 Å². The summed E-state index contributed by atoms with van der Waals surface area (Å²) in [6.45, 7) is 2.91. The molecule has 0 spiro atoms. The molecule has 0 aliphatic heterocycles. The largest absolute Gasteiger partial charge is 0.478 e. The Morgan fingerprint density at radius 1 is 1.47 bits per heavy atom. The van der Waals surface area contributed by atoms with E-state index in [1.54, 1.807) is 6.07 Å². The van der Waals surface area contributed by atoms with Crippen molar-refractivity contribution in [2.24, 2.45) is 5.92 Å². The van der Waals surface area contributed by atoms with Gasteiger partial charge in [0, 0.05) is 6.04 Å². The van der Waals surface area contributed by atoms with Crippen molar-refractivity contribution in [2.75, 3.05) is 0 Å². The van der Waals surface area contributed by atoms with Crippen LogP contribution < -0.4 is 5.32 Å². The number of carbonyl (C=O) groups is 1. The minimum atomic E-state index is -0.938. The zero-order chi connectivity index (χ0) is 12.3. The molecule has 0 aromatic carbocycles. The maximum atomic E-state index is 10.7. The van der Waals surface area contributed by atoms with Crippen molar-refractivity contribution >= 4 is 5.97 Å². The summed E-state index contributed by atoms with van der Waals surface area (Å²) in [6, 6.07) is 2.13. The van der Waals surface area contributed by atoms with E-state index < -0.39 is 5.97 Å². The van der Waals surface area contributed by atoms with Crippen LogP contribution in [0.25, 0.3) is 0 Å². The van der Waals surface area contributed by atoms with Gasteiger partial charge in [0.1, 0.15) is 12.0 Å². The standard InChI is InChI=1S/C13H19NO3/c1-9-2-4-11(5-3-9)14-7-12-6-10(8-17-12)13(15)16/h6,8-9,11,14H,2-5,7H2,1H3,(H,15,16). The molecule has 4 nitrogen and oxygen atoms in total. The SMILES string of the molecule is CC1CCC(NCc2cc(C(=O)O)co2)CC1. The zero-order valence-corrected chi connectivity index (χ0v) is 10.1. The van der Waals surface area contributed by atoms with Crippen molar-refractivity contribution in [2.45, 2.75) is 45.2 Å². The van der Waals surface area contributed by atoms with Crippen LogP contribution in [0.5, 0.6) is 0 Å². The van der Waals surface area contributed by atoms with Crippen LogP contribution in [0, 0.1) is 5.92 Å². The molecular formula is C13H19NO3. The first-order chi connectivity index (χ1) is 8.15. The van der Waals surface area contributed by atoms with Crippen molar-refractivity contribution in [3.05, 3.63) is 23.7 Å². The second kappa shape index (κ2) is 5.36. The molecule has 0 unspecified atom stereocenters. The molecule has 1 aliphatic carbocycles. The topological polar surface area (TPSA) is 62.5 Å². The van der Waals surface area contributed by atoms with E-state index in [0.29, 0.717) is 18.3 Å². The second-order valence-corrected chi connectivity index (χ2v) is 4.94. The molecule has 0 radical (unpaired) electrons. The molecule has 1 aromatic rings. The summed E-state index contributed by atoms with van der Waals surface area (Å²) in [5, 5.41) is 12.2. The first-order valence-electron chi connectivity index (χ1n) is 6.19. The smallest absolute Gasteiger partial charge is 0.338 e. The van der Waals surface area contributed by atoms with Crippen molar-refractivity contribution < 1.29 is 14.3 Å². The van der Waals surface area contributed by atoms with E-state index in [-0.39, 0.29) is 5.56 Å². The fourth-order valence-corrected chi connectivity index (χ4v) is 2.29. The third kappa shape index (κ3) is 3.33. The lowest BCUT2D eigenvalue weighted by molar-refractivity contribution is 0.0696. The Balaban J connectivity index is 1.79. The quantitative estimate of drug-likeness (QED) is 0.845. The van der Waals surface area contributed by atoms with Gasteiger partial charge in [-0.15, -0.1) is 0 Å². The molecule has 2 rings (SSSR count). The van der Waals surface area contributed by atoms with Crippen molar-refractivity contribution in [1.29, 1.82) is 0 Å². The molecule has 17 heavy (non-hydrogen) atoms. The molecule has 0 atom stereocenters. The van der Waals surface area contributed by atoms with Crippen LogP contribution in [-0.2, 0) is 6.54 Å². The molecule has 2 N–H and O–H groups in total. The number of carboxylic acid groups (broad SMARTS) is 1. The minimum absolute atomic E-state index is 0.221. The number of hydrogen-bond donors (Lipinski definition) is 2.